The van der Waals surface area contributed by atoms with Crippen LogP contribution >= 0.6 is 0 Å². The van der Waals surface area contributed by atoms with Crippen molar-refractivity contribution in [3.8, 4) is 0 Å². The lowest BCUT2D eigenvalue weighted by Crippen LogP contribution is -2.49. The number of carbonyl (C=O) groups excluding carboxylic acids is 1. The molecule has 4 rings (SSSR count). The number of halogens is 2. The highest BCUT2D eigenvalue weighted by Gasteiger charge is 2.21. The molecule has 0 bridgehead atoms. The van der Waals surface area contributed by atoms with E-state index in [-0.39, 0.29) is 17.5 Å². The first kappa shape index (κ1) is 25.9. The quantitative estimate of drug-likeness (QED) is 0.459. The SMILES string of the molecule is Cc1cccc(C)c1NC(=O)CN1CCN(CCOC(c2ccc(F)cc2)c2ccc(F)cc2)CC1. The lowest BCUT2D eigenvalue weighted by molar-refractivity contribution is -0.117. The lowest BCUT2D eigenvalue weighted by atomic mass is 10.0. The number of piperazine rings is 1. The fraction of sp³-hybridized carbons (Fsp3) is 0.345. The van der Waals surface area contributed by atoms with Gasteiger partial charge in [-0.1, -0.05) is 42.5 Å². The topological polar surface area (TPSA) is 44.8 Å². The summed E-state index contributed by atoms with van der Waals surface area (Å²) in [7, 11) is 0. The van der Waals surface area contributed by atoms with Crippen LogP contribution in [0.3, 0.4) is 0 Å². The minimum absolute atomic E-state index is 0.00520. The summed E-state index contributed by atoms with van der Waals surface area (Å²) in [6.45, 7) is 8.89. The first-order chi connectivity index (χ1) is 17.4. The van der Waals surface area contributed by atoms with Crippen molar-refractivity contribution in [1.29, 1.82) is 0 Å². The van der Waals surface area contributed by atoms with E-state index in [4.69, 9.17) is 4.74 Å². The van der Waals surface area contributed by atoms with Crippen molar-refractivity contribution < 1.29 is 18.3 Å². The number of amides is 1. The van der Waals surface area contributed by atoms with Crippen molar-refractivity contribution in [2.45, 2.75) is 20.0 Å². The van der Waals surface area contributed by atoms with Gasteiger partial charge >= 0.3 is 0 Å². The standard InChI is InChI=1S/C29H33F2N3O2/c1-21-4-3-5-22(2)28(21)32-27(35)20-34-16-14-33(15-17-34)18-19-36-29(23-6-10-25(30)11-7-23)24-8-12-26(31)13-9-24/h3-13,29H,14-20H2,1-2H3,(H,32,35). The van der Waals surface area contributed by atoms with Crippen LogP contribution in [0.15, 0.2) is 66.7 Å². The predicted octanol–water partition coefficient (Wildman–Crippen LogP) is 4.94. The van der Waals surface area contributed by atoms with Crippen molar-refractivity contribution in [1.82, 2.24) is 9.80 Å². The molecule has 36 heavy (non-hydrogen) atoms. The van der Waals surface area contributed by atoms with Crippen molar-refractivity contribution in [3.05, 3.63) is 101 Å². The van der Waals surface area contributed by atoms with E-state index in [0.717, 1.165) is 60.7 Å². The molecule has 190 valence electrons. The van der Waals surface area contributed by atoms with Crippen molar-refractivity contribution >= 4 is 11.6 Å². The van der Waals surface area contributed by atoms with E-state index >= 15 is 0 Å². The molecule has 3 aromatic rings. The van der Waals surface area contributed by atoms with Gasteiger partial charge in [0.15, 0.2) is 0 Å². The van der Waals surface area contributed by atoms with E-state index in [0.29, 0.717) is 13.2 Å². The molecule has 0 aliphatic carbocycles. The third-order valence-corrected chi connectivity index (χ3v) is 6.62. The third kappa shape index (κ3) is 6.97. The highest BCUT2D eigenvalue weighted by molar-refractivity contribution is 5.93. The lowest BCUT2D eigenvalue weighted by Gasteiger charge is -2.34. The molecule has 1 heterocycles. The molecule has 1 aliphatic rings. The Bertz CT molecular complexity index is 1080. The van der Waals surface area contributed by atoms with Crippen LogP contribution < -0.4 is 5.32 Å². The summed E-state index contributed by atoms with van der Waals surface area (Å²) in [5.74, 6) is -0.611. The Morgan fingerprint density at radius 1 is 0.833 bits per heavy atom. The summed E-state index contributed by atoms with van der Waals surface area (Å²) < 4.78 is 33.1. The molecule has 1 N–H and O–H groups in total. The van der Waals surface area contributed by atoms with Crippen LogP contribution in [-0.2, 0) is 9.53 Å². The molecule has 0 spiro atoms. The number of carbonyl (C=O) groups is 1. The first-order valence-electron chi connectivity index (χ1n) is 12.3. The first-order valence-corrected chi connectivity index (χ1v) is 12.3. The summed E-state index contributed by atoms with van der Waals surface area (Å²) in [6.07, 6.45) is -0.402. The van der Waals surface area contributed by atoms with Crippen LogP contribution in [0.2, 0.25) is 0 Å². The van der Waals surface area contributed by atoms with E-state index in [9.17, 15) is 13.6 Å². The van der Waals surface area contributed by atoms with Gasteiger partial charge in [-0.15, -0.1) is 0 Å². The minimum atomic E-state index is -0.402. The number of nitrogens with zero attached hydrogens (tertiary/aromatic N) is 2. The number of para-hydroxylation sites is 1. The molecule has 1 aliphatic heterocycles. The van der Waals surface area contributed by atoms with Gasteiger partial charge in [0.2, 0.25) is 5.91 Å². The summed E-state index contributed by atoms with van der Waals surface area (Å²) in [5.41, 5.74) is 4.67. The molecule has 3 aromatic carbocycles. The van der Waals surface area contributed by atoms with Crippen LogP contribution in [0.1, 0.15) is 28.4 Å². The molecule has 7 heteroatoms. The summed E-state index contributed by atoms with van der Waals surface area (Å²) in [6, 6.07) is 18.4. The van der Waals surface area contributed by atoms with Gasteiger partial charge in [-0.2, -0.15) is 0 Å². The summed E-state index contributed by atoms with van der Waals surface area (Å²) >= 11 is 0. The largest absolute Gasteiger partial charge is 0.367 e. The van der Waals surface area contributed by atoms with Gasteiger partial charge in [0.05, 0.1) is 13.2 Å². The highest BCUT2D eigenvalue weighted by atomic mass is 19.1. The van der Waals surface area contributed by atoms with Crippen molar-refractivity contribution in [3.63, 3.8) is 0 Å². The summed E-state index contributed by atoms with van der Waals surface area (Å²) in [5, 5.41) is 3.06. The molecule has 0 aromatic heterocycles. The van der Waals surface area contributed by atoms with E-state index in [1.54, 1.807) is 24.3 Å². The number of benzene rings is 3. The second-order valence-corrected chi connectivity index (χ2v) is 9.29. The Balaban J connectivity index is 1.25. The Labute approximate surface area is 211 Å². The molecule has 1 amide bonds. The second-order valence-electron chi connectivity index (χ2n) is 9.29. The van der Waals surface area contributed by atoms with Crippen LogP contribution in [0, 0.1) is 25.5 Å². The molecule has 0 radical (unpaired) electrons. The monoisotopic (exact) mass is 493 g/mol. The van der Waals surface area contributed by atoms with Gasteiger partial charge in [-0.05, 0) is 60.4 Å². The Kier molecular flexibility index (Phi) is 8.80. The molecule has 1 fully saturated rings. The van der Waals surface area contributed by atoms with Gasteiger partial charge in [0, 0.05) is 38.4 Å². The Hall–Kier alpha value is -3.13. The molecular weight excluding hydrogens is 460 g/mol. The maximum atomic E-state index is 13.4. The number of ether oxygens (including phenoxy) is 1. The van der Waals surface area contributed by atoms with Gasteiger partial charge in [-0.3, -0.25) is 14.6 Å². The molecule has 0 saturated carbocycles. The predicted molar refractivity (Wildman–Crippen MR) is 138 cm³/mol. The van der Waals surface area contributed by atoms with Crippen LogP contribution in [0.4, 0.5) is 14.5 Å². The van der Waals surface area contributed by atoms with Gasteiger partial charge in [0.25, 0.3) is 0 Å². The number of aryl methyl sites for hydroxylation is 2. The molecule has 5 nitrogen and oxygen atoms in total. The maximum absolute atomic E-state index is 13.4. The van der Waals surface area contributed by atoms with Gasteiger partial charge < -0.3 is 10.1 Å². The number of nitrogens with one attached hydrogen (secondary N) is 1. The normalized spacial score (nSPS) is 14.8. The minimum Gasteiger partial charge on any atom is -0.367 e. The third-order valence-electron chi connectivity index (χ3n) is 6.62. The van der Waals surface area contributed by atoms with Gasteiger partial charge in [0.1, 0.15) is 17.7 Å². The average molecular weight is 494 g/mol. The van der Waals surface area contributed by atoms with Crippen LogP contribution in [-0.4, -0.2) is 61.6 Å². The average Bonchev–Trinajstić information content (AvgIpc) is 2.87. The zero-order valence-electron chi connectivity index (χ0n) is 20.8. The zero-order valence-corrected chi connectivity index (χ0v) is 20.8. The zero-order chi connectivity index (χ0) is 25.5. The fourth-order valence-electron chi connectivity index (χ4n) is 4.52. The fourth-order valence-corrected chi connectivity index (χ4v) is 4.52. The van der Waals surface area contributed by atoms with Crippen LogP contribution in [0.5, 0.6) is 0 Å². The van der Waals surface area contributed by atoms with Crippen LogP contribution in [0.25, 0.3) is 0 Å². The van der Waals surface area contributed by atoms with Gasteiger partial charge in [-0.25, -0.2) is 8.78 Å². The number of hydrogen-bond donors (Lipinski definition) is 1. The van der Waals surface area contributed by atoms with E-state index in [1.807, 2.05) is 32.0 Å². The number of rotatable bonds is 9. The smallest absolute Gasteiger partial charge is 0.238 e. The van der Waals surface area contributed by atoms with E-state index in [1.165, 1.54) is 24.3 Å². The summed E-state index contributed by atoms with van der Waals surface area (Å²) in [4.78, 5) is 17.1. The molecule has 0 unspecified atom stereocenters. The molecule has 1 saturated heterocycles. The van der Waals surface area contributed by atoms with E-state index < -0.39 is 6.10 Å². The maximum Gasteiger partial charge on any atom is 0.238 e. The number of hydrogen-bond acceptors (Lipinski definition) is 4. The molecular formula is C29H33F2N3O2. The van der Waals surface area contributed by atoms with Crippen molar-refractivity contribution in [2.75, 3.05) is 51.2 Å². The highest BCUT2D eigenvalue weighted by Crippen LogP contribution is 2.26. The number of anilines is 1. The Morgan fingerprint density at radius 3 is 1.86 bits per heavy atom. The molecule has 0 atom stereocenters. The van der Waals surface area contributed by atoms with Crippen molar-refractivity contribution in [2.24, 2.45) is 0 Å². The Morgan fingerprint density at radius 2 is 1.33 bits per heavy atom. The van der Waals surface area contributed by atoms with E-state index in [2.05, 4.69) is 15.1 Å². The second kappa shape index (κ2) is 12.2.